The number of anilines is 1. The molecule has 0 bridgehead atoms. The van der Waals surface area contributed by atoms with Crippen LogP contribution in [0.2, 0.25) is 5.02 Å². The first-order valence-electron chi connectivity index (χ1n) is 8.02. The summed E-state index contributed by atoms with van der Waals surface area (Å²) < 4.78 is 13.1. The van der Waals surface area contributed by atoms with Crippen molar-refractivity contribution >= 4 is 35.2 Å². The minimum Gasteiger partial charge on any atom is -0.333 e. The first-order chi connectivity index (χ1) is 12.3. The average Bonchev–Trinajstić information content (AvgIpc) is 2.59. The summed E-state index contributed by atoms with van der Waals surface area (Å²) in [7, 11) is 1.53. The van der Waals surface area contributed by atoms with Crippen LogP contribution in [0.5, 0.6) is 0 Å². The van der Waals surface area contributed by atoms with Gasteiger partial charge in [-0.1, -0.05) is 29.8 Å². The van der Waals surface area contributed by atoms with Crippen LogP contribution in [-0.4, -0.2) is 30.3 Å². The Bertz CT molecular complexity index is 865. The number of carbonyl (C=O) groups is 2. The summed E-state index contributed by atoms with van der Waals surface area (Å²) in [6.45, 7) is 3.81. The summed E-state index contributed by atoms with van der Waals surface area (Å²) in [5.41, 5.74) is 3.39. The van der Waals surface area contributed by atoms with E-state index in [4.69, 9.17) is 11.6 Å². The van der Waals surface area contributed by atoms with Crippen LogP contribution < -0.4 is 5.32 Å². The molecule has 0 aliphatic rings. The maximum Gasteiger partial charge on any atom is 0.246 e. The van der Waals surface area contributed by atoms with Crippen LogP contribution >= 0.6 is 11.6 Å². The molecule has 0 heterocycles. The van der Waals surface area contributed by atoms with Crippen LogP contribution in [0.25, 0.3) is 6.08 Å². The number of benzene rings is 2. The van der Waals surface area contributed by atoms with Gasteiger partial charge in [0.2, 0.25) is 11.8 Å². The molecule has 2 aromatic carbocycles. The van der Waals surface area contributed by atoms with Gasteiger partial charge in [0.1, 0.15) is 5.82 Å². The predicted octanol–water partition coefficient (Wildman–Crippen LogP) is 4.21. The lowest BCUT2D eigenvalue weighted by Gasteiger charge is -2.16. The molecule has 2 rings (SSSR count). The number of hydrogen-bond acceptors (Lipinski definition) is 2. The highest BCUT2D eigenvalue weighted by molar-refractivity contribution is 6.30. The Kier molecular flexibility index (Phi) is 6.52. The van der Waals surface area contributed by atoms with Gasteiger partial charge in [-0.3, -0.25) is 9.59 Å². The van der Waals surface area contributed by atoms with Crippen LogP contribution in [0.4, 0.5) is 10.1 Å². The van der Waals surface area contributed by atoms with Gasteiger partial charge in [0.25, 0.3) is 0 Å². The average molecular weight is 375 g/mol. The molecule has 0 radical (unpaired) electrons. The summed E-state index contributed by atoms with van der Waals surface area (Å²) in [4.78, 5) is 25.6. The van der Waals surface area contributed by atoms with Crippen LogP contribution in [0, 0.1) is 19.7 Å². The van der Waals surface area contributed by atoms with E-state index in [0.717, 1.165) is 16.8 Å². The second kappa shape index (κ2) is 8.63. The van der Waals surface area contributed by atoms with Crippen molar-refractivity contribution in [1.29, 1.82) is 0 Å². The zero-order valence-electron chi connectivity index (χ0n) is 14.8. The number of rotatable bonds is 5. The van der Waals surface area contributed by atoms with Gasteiger partial charge in [0.05, 0.1) is 11.6 Å². The van der Waals surface area contributed by atoms with Crippen molar-refractivity contribution in [3.8, 4) is 0 Å². The maximum atomic E-state index is 13.1. The molecule has 4 nitrogen and oxygen atoms in total. The molecular weight excluding hydrogens is 355 g/mol. The number of carbonyl (C=O) groups excluding carboxylic acids is 2. The molecule has 0 aliphatic carbocycles. The smallest absolute Gasteiger partial charge is 0.246 e. The fraction of sp³-hybridized carbons (Fsp3) is 0.200. The van der Waals surface area contributed by atoms with Gasteiger partial charge in [-0.05, 0) is 54.8 Å². The summed E-state index contributed by atoms with van der Waals surface area (Å²) in [6.07, 6.45) is 2.83. The molecule has 26 heavy (non-hydrogen) atoms. The Morgan fingerprint density at radius 2 is 1.96 bits per heavy atom. The highest BCUT2D eigenvalue weighted by atomic mass is 35.5. The van der Waals surface area contributed by atoms with E-state index >= 15 is 0 Å². The molecule has 0 aliphatic heterocycles. The van der Waals surface area contributed by atoms with Crippen LogP contribution in [0.3, 0.4) is 0 Å². The van der Waals surface area contributed by atoms with Crippen molar-refractivity contribution in [2.45, 2.75) is 13.8 Å². The number of nitrogens with one attached hydrogen (secondary N) is 1. The van der Waals surface area contributed by atoms with Gasteiger partial charge in [0.15, 0.2) is 0 Å². The molecular formula is C20H20ClFN2O2. The molecule has 6 heteroatoms. The molecule has 0 unspecified atom stereocenters. The fourth-order valence-corrected chi connectivity index (χ4v) is 2.47. The quantitative estimate of drug-likeness (QED) is 0.797. The second-order valence-corrected chi connectivity index (χ2v) is 6.40. The topological polar surface area (TPSA) is 49.4 Å². The molecule has 136 valence electrons. The minimum absolute atomic E-state index is 0.0131. The Morgan fingerprint density at radius 3 is 2.65 bits per heavy atom. The first kappa shape index (κ1) is 19.7. The van der Waals surface area contributed by atoms with E-state index in [9.17, 15) is 14.0 Å². The zero-order valence-corrected chi connectivity index (χ0v) is 15.6. The van der Waals surface area contributed by atoms with Gasteiger partial charge in [-0.25, -0.2) is 4.39 Å². The lowest BCUT2D eigenvalue weighted by atomic mass is 10.1. The van der Waals surface area contributed by atoms with E-state index in [1.54, 1.807) is 0 Å². The largest absolute Gasteiger partial charge is 0.333 e. The number of aryl methyl sites for hydroxylation is 1. The highest BCUT2D eigenvalue weighted by Gasteiger charge is 2.12. The lowest BCUT2D eigenvalue weighted by Crippen LogP contribution is -2.34. The molecule has 0 aromatic heterocycles. The third kappa shape index (κ3) is 5.17. The van der Waals surface area contributed by atoms with E-state index in [2.05, 4.69) is 5.32 Å². The summed E-state index contributed by atoms with van der Waals surface area (Å²) in [5, 5.41) is 2.80. The van der Waals surface area contributed by atoms with Gasteiger partial charge >= 0.3 is 0 Å². The Hall–Kier alpha value is -2.66. The van der Waals surface area contributed by atoms with E-state index < -0.39 is 5.82 Å². The molecule has 0 atom stereocenters. The molecule has 0 fully saturated rings. The second-order valence-electron chi connectivity index (χ2n) is 6.00. The van der Waals surface area contributed by atoms with Crippen molar-refractivity contribution in [3.63, 3.8) is 0 Å². The maximum absolute atomic E-state index is 13.1. The third-order valence-corrected chi connectivity index (χ3v) is 4.29. The van der Waals surface area contributed by atoms with Crippen LogP contribution in [0.15, 0.2) is 42.5 Å². The standard InChI is InChI=1S/C20H20ClFN2O2/c1-13-5-4-6-18(14(13)2)23-19(25)12-24(3)20(26)10-8-15-7-9-17(22)16(21)11-15/h4-11H,12H2,1-3H3,(H,23,25)/b10-8+. The normalized spacial score (nSPS) is 10.8. The summed E-state index contributed by atoms with van der Waals surface area (Å²) in [6, 6.07) is 9.82. The highest BCUT2D eigenvalue weighted by Crippen LogP contribution is 2.18. The van der Waals surface area contributed by atoms with Crippen molar-refractivity contribution in [2.24, 2.45) is 0 Å². The lowest BCUT2D eigenvalue weighted by molar-refractivity contribution is -0.129. The molecule has 0 saturated carbocycles. The van der Waals surface area contributed by atoms with Gasteiger partial charge in [0, 0.05) is 18.8 Å². The Labute approximate surface area is 157 Å². The van der Waals surface area contributed by atoms with Gasteiger partial charge in [-0.2, -0.15) is 0 Å². The SMILES string of the molecule is Cc1cccc(NC(=O)CN(C)C(=O)/C=C/c2ccc(F)c(Cl)c2)c1C. The molecule has 0 saturated heterocycles. The van der Waals surface area contributed by atoms with Crippen molar-refractivity contribution in [3.05, 3.63) is 70.0 Å². The summed E-state index contributed by atoms with van der Waals surface area (Å²) >= 11 is 5.70. The predicted molar refractivity (Wildman–Crippen MR) is 103 cm³/mol. The van der Waals surface area contributed by atoms with Crippen LogP contribution in [-0.2, 0) is 9.59 Å². The number of nitrogens with zero attached hydrogens (tertiary/aromatic N) is 1. The van der Waals surface area contributed by atoms with E-state index in [-0.39, 0.29) is 23.4 Å². The number of halogens is 2. The van der Waals surface area contributed by atoms with E-state index in [0.29, 0.717) is 5.56 Å². The first-order valence-corrected chi connectivity index (χ1v) is 8.40. The number of likely N-dealkylation sites (N-methyl/N-ethyl adjacent to an activating group) is 1. The van der Waals surface area contributed by atoms with Crippen molar-refractivity contribution in [2.75, 3.05) is 18.9 Å². The molecule has 0 spiro atoms. The molecule has 2 aromatic rings. The van der Waals surface area contributed by atoms with Gasteiger partial charge < -0.3 is 10.2 Å². The molecule has 2 amide bonds. The molecule has 1 N–H and O–H groups in total. The number of hydrogen-bond donors (Lipinski definition) is 1. The Morgan fingerprint density at radius 1 is 1.23 bits per heavy atom. The zero-order chi connectivity index (χ0) is 19.3. The fourth-order valence-electron chi connectivity index (χ4n) is 2.28. The van der Waals surface area contributed by atoms with E-state index in [1.165, 1.54) is 42.3 Å². The van der Waals surface area contributed by atoms with Crippen molar-refractivity contribution in [1.82, 2.24) is 4.90 Å². The minimum atomic E-state index is -0.518. The third-order valence-electron chi connectivity index (χ3n) is 4.00. The number of amides is 2. The monoisotopic (exact) mass is 374 g/mol. The van der Waals surface area contributed by atoms with Crippen molar-refractivity contribution < 1.29 is 14.0 Å². The van der Waals surface area contributed by atoms with Gasteiger partial charge in [-0.15, -0.1) is 0 Å². The Balaban J connectivity index is 1.95. The van der Waals surface area contributed by atoms with Crippen LogP contribution in [0.1, 0.15) is 16.7 Å². The summed E-state index contributed by atoms with van der Waals surface area (Å²) in [5.74, 6) is -1.15. The van der Waals surface area contributed by atoms with E-state index in [1.807, 2.05) is 32.0 Å².